The average Bonchev–Trinajstić information content (AvgIpc) is 2.77. The Morgan fingerprint density at radius 1 is 1.42 bits per heavy atom. The fraction of sp³-hybridized carbons (Fsp3) is 0.286. The van der Waals surface area contributed by atoms with Gasteiger partial charge in [-0.05, 0) is 32.4 Å². The van der Waals surface area contributed by atoms with E-state index in [-0.39, 0.29) is 17.5 Å². The highest BCUT2D eigenvalue weighted by Gasteiger charge is 2.22. The zero-order valence-electron chi connectivity index (χ0n) is 11.1. The third-order valence-corrected chi connectivity index (χ3v) is 2.70. The lowest BCUT2D eigenvalue weighted by molar-refractivity contribution is 0.0683. The van der Waals surface area contributed by atoms with Crippen molar-refractivity contribution in [2.75, 3.05) is 6.61 Å². The van der Waals surface area contributed by atoms with Crippen molar-refractivity contribution in [3.05, 3.63) is 35.0 Å². The molecule has 1 aromatic heterocycles. The molecule has 1 heterocycles. The summed E-state index contributed by atoms with van der Waals surface area (Å²) in [4.78, 5) is 15.1. The van der Waals surface area contributed by atoms with Gasteiger partial charge in [0.25, 0.3) is 0 Å². The number of nitrogens with zero attached hydrogens (tertiary/aromatic N) is 1. The maximum atomic E-state index is 11.1. The average molecular weight is 261 g/mol. The second kappa shape index (κ2) is 5.14. The minimum Gasteiger partial charge on any atom is -0.476 e. The number of aryl methyl sites for hydroxylation is 2. The Kier molecular flexibility index (Phi) is 3.55. The van der Waals surface area contributed by atoms with Crippen molar-refractivity contribution >= 4 is 5.97 Å². The van der Waals surface area contributed by atoms with Crippen LogP contribution in [-0.2, 0) is 0 Å². The van der Waals surface area contributed by atoms with Crippen LogP contribution in [0.5, 0.6) is 5.95 Å². The van der Waals surface area contributed by atoms with Crippen molar-refractivity contribution in [2.24, 2.45) is 0 Å². The number of aromatic carboxylic acids is 1. The first-order valence-electron chi connectivity index (χ1n) is 5.97. The number of hydrogen-bond donors (Lipinski definition) is 1. The number of ether oxygens (including phenoxy) is 1. The highest BCUT2D eigenvalue weighted by Crippen LogP contribution is 2.30. The first-order valence-corrected chi connectivity index (χ1v) is 5.97. The number of hydrogen-bond acceptors (Lipinski definition) is 4. The van der Waals surface area contributed by atoms with Gasteiger partial charge in [-0.1, -0.05) is 17.7 Å². The highest BCUT2D eigenvalue weighted by atomic mass is 16.6. The molecule has 2 aromatic rings. The molecule has 0 atom stereocenters. The second-order valence-electron chi connectivity index (χ2n) is 4.21. The molecular weight excluding hydrogens is 246 g/mol. The van der Waals surface area contributed by atoms with Gasteiger partial charge in [-0.15, -0.1) is 0 Å². The van der Waals surface area contributed by atoms with E-state index in [0.29, 0.717) is 6.61 Å². The summed E-state index contributed by atoms with van der Waals surface area (Å²) < 4.78 is 10.6. The van der Waals surface area contributed by atoms with Gasteiger partial charge in [0.05, 0.1) is 6.61 Å². The standard InChI is InChI=1S/C14H15NO4/c1-4-18-14-11(13(16)17)15-12(19-14)10-7-8(2)5-6-9(10)3/h5-7H,4H2,1-3H3,(H,16,17). The predicted molar refractivity (Wildman–Crippen MR) is 69.5 cm³/mol. The molecule has 2 rings (SSSR count). The molecule has 100 valence electrons. The second-order valence-corrected chi connectivity index (χ2v) is 4.21. The number of carboxylic acids is 1. The molecule has 0 aliphatic carbocycles. The maximum absolute atomic E-state index is 11.1. The number of aromatic nitrogens is 1. The van der Waals surface area contributed by atoms with Crippen molar-refractivity contribution in [2.45, 2.75) is 20.8 Å². The number of carboxylic acid groups (broad SMARTS) is 1. The summed E-state index contributed by atoms with van der Waals surface area (Å²) >= 11 is 0. The summed E-state index contributed by atoms with van der Waals surface area (Å²) in [5.74, 6) is -0.947. The smallest absolute Gasteiger partial charge is 0.362 e. The molecule has 5 heteroatoms. The Morgan fingerprint density at radius 3 is 2.79 bits per heavy atom. The van der Waals surface area contributed by atoms with E-state index in [4.69, 9.17) is 14.3 Å². The Bertz CT molecular complexity index is 616. The van der Waals surface area contributed by atoms with Gasteiger partial charge in [-0.2, -0.15) is 4.98 Å². The minimum atomic E-state index is -1.16. The molecule has 1 N–H and O–H groups in total. The molecule has 0 spiro atoms. The zero-order chi connectivity index (χ0) is 14.0. The molecule has 19 heavy (non-hydrogen) atoms. The van der Waals surface area contributed by atoms with Crippen molar-refractivity contribution in [1.82, 2.24) is 4.98 Å². The number of benzene rings is 1. The quantitative estimate of drug-likeness (QED) is 0.915. The fourth-order valence-corrected chi connectivity index (χ4v) is 1.75. The third-order valence-electron chi connectivity index (χ3n) is 2.70. The summed E-state index contributed by atoms with van der Waals surface area (Å²) in [5.41, 5.74) is 2.59. The lowest BCUT2D eigenvalue weighted by Gasteiger charge is -2.02. The van der Waals surface area contributed by atoms with Gasteiger partial charge in [0.1, 0.15) is 0 Å². The van der Waals surface area contributed by atoms with Crippen LogP contribution in [0.2, 0.25) is 0 Å². The molecule has 1 aromatic carbocycles. The van der Waals surface area contributed by atoms with Crippen LogP contribution in [0.25, 0.3) is 11.5 Å². The zero-order valence-corrected chi connectivity index (χ0v) is 11.1. The SMILES string of the molecule is CCOc1oc(-c2cc(C)ccc2C)nc1C(=O)O. The van der Waals surface area contributed by atoms with Crippen LogP contribution < -0.4 is 4.74 Å². The van der Waals surface area contributed by atoms with E-state index >= 15 is 0 Å². The van der Waals surface area contributed by atoms with Crippen molar-refractivity contribution in [1.29, 1.82) is 0 Å². The van der Waals surface area contributed by atoms with E-state index in [1.54, 1.807) is 6.92 Å². The van der Waals surface area contributed by atoms with E-state index in [1.807, 2.05) is 32.0 Å². The summed E-state index contributed by atoms with van der Waals surface area (Å²) in [7, 11) is 0. The van der Waals surface area contributed by atoms with Gasteiger partial charge >= 0.3 is 11.9 Å². The molecule has 0 aliphatic rings. The molecule has 5 nitrogen and oxygen atoms in total. The topological polar surface area (TPSA) is 72.6 Å². The first-order chi connectivity index (χ1) is 9.02. The molecule has 0 fully saturated rings. The highest BCUT2D eigenvalue weighted by molar-refractivity contribution is 5.88. The van der Waals surface area contributed by atoms with Gasteiger partial charge in [0.15, 0.2) is 0 Å². The van der Waals surface area contributed by atoms with Crippen molar-refractivity contribution < 1.29 is 19.1 Å². The molecule has 0 amide bonds. The number of rotatable bonds is 4. The van der Waals surface area contributed by atoms with Crippen molar-refractivity contribution in [3.63, 3.8) is 0 Å². The third kappa shape index (κ3) is 2.59. The first kappa shape index (κ1) is 13.1. The largest absolute Gasteiger partial charge is 0.476 e. The summed E-state index contributed by atoms with van der Waals surface area (Å²) in [5, 5.41) is 9.07. The van der Waals surface area contributed by atoms with Crippen LogP contribution in [0.15, 0.2) is 22.6 Å². The van der Waals surface area contributed by atoms with Crippen LogP contribution in [0.4, 0.5) is 0 Å². The van der Waals surface area contributed by atoms with Gasteiger partial charge < -0.3 is 14.3 Å². The Hall–Kier alpha value is -2.30. The summed E-state index contributed by atoms with van der Waals surface area (Å²) in [6.45, 7) is 5.95. The monoisotopic (exact) mass is 261 g/mol. The normalized spacial score (nSPS) is 10.5. The van der Waals surface area contributed by atoms with E-state index < -0.39 is 5.97 Å². The van der Waals surface area contributed by atoms with Crippen LogP contribution in [0.3, 0.4) is 0 Å². The van der Waals surface area contributed by atoms with E-state index in [1.165, 1.54) is 0 Å². The molecule has 0 bridgehead atoms. The Morgan fingerprint density at radius 2 is 2.16 bits per heavy atom. The lowest BCUT2D eigenvalue weighted by Crippen LogP contribution is -2.01. The predicted octanol–water partition coefficient (Wildman–Crippen LogP) is 3.06. The lowest BCUT2D eigenvalue weighted by atomic mass is 10.1. The fourth-order valence-electron chi connectivity index (χ4n) is 1.75. The molecule has 0 aliphatic heterocycles. The van der Waals surface area contributed by atoms with Crippen LogP contribution in [0, 0.1) is 13.8 Å². The van der Waals surface area contributed by atoms with Gasteiger partial charge in [-0.25, -0.2) is 4.79 Å². The summed E-state index contributed by atoms with van der Waals surface area (Å²) in [6.07, 6.45) is 0. The molecule has 0 saturated carbocycles. The van der Waals surface area contributed by atoms with Crippen LogP contribution >= 0.6 is 0 Å². The van der Waals surface area contributed by atoms with Crippen LogP contribution in [0.1, 0.15) is 28.5 Å². The Balaban J connectivity index is 2.53. The van der Waals surface area contributed by atoms with Gasteiger partial charge in [0.2, 0.25) is 11.6 Å². The molecule has 0 radical (unpaired) electrons. The molecular formula is C14H15NO4. The van der Waals surface area contributed by atoms with Crippen LogP contribution in [-0.4, -0.2) is 22.7 Å². The number of carbonyl (C=O) groups is 1. The van der Waals surface area contributed by atoms with E-state index in [2.05, 4.69) is 4.98 Å². The van der Waals surface area contributed by atoms with E-state index in [0.717, 1.165) is 16.7 Å². The maximum Gasteiger partial charge on any atom is 0.362 e. The molecule has 0 saturated heterocycles. The number of oxazole rings is 1. The van der Waals surface area contributed by atoms with Crippen molar-refractivity contribution in [3.8, 4) is 17.4 Å². The minimum absolute atomic E-state index is 0.0501. The Labute approximate surface area is 110 Å². The molecule has 0 unspecified atom stereocenters. The summed E-state index contributed by atoms with van der Waals surface area (Å²) in [6, 6.07) is 5.82. The van der Waals surface area contributed by atoms with Gasteiger partial charge in [-0.3, -0.25) is 0 Å². The van der Waals surface area contributed by atoms with Gasteiger partial charge in [0, 0.05) is 5.56 Å². The van der Waals surface area contributed by atoms with E-state index in [9.17, 15) is 4.79 Å².